The van der Waals surface area contributed by atoms with Crippen molar-refractivity contribution in [2.45, 2.75) is 77.3 Å². The summed E-state index contributed by atoms with van der Waals surface area (Å²) in [6, 6.07) is 0.778. The molecule has 0 radical (unpaired) electrons. The molecule has 2 heteroatoms. The molecule has 20 heavy (non-hydrogen) atoms. The Morgan fingerprint density at radius 2 is 1.90 bits per heavy atom. The van der Waals surface area contributed by atoms with E-state index in [0.717, 1.165) is 23.8 Å². The van der Waals surface area contributed by atoms with E-state index in [-0.39, 0.29) is 0 Å². The molecule has 2 nitrogen and oxygen atoms in total. The zero-order valence-corrected chi connectivity index (χ0v) is 13.8. The van der Waals surface area contributed by atoms with Crippen LogP contribution in [-0.4, -0.2) is 36.1 Å². The number of hydrogen-bond donors (Lipinski definition) is 1. The Balaban J connectivity index is 1.65. The van der Waals surface area contributed by atoms with Gasteiger partial charge in [-0.2, -0.15) is 0 Å². The van der Waals surface area contributed by atoms with Crippen molar-refractivity contribution in [2.75, 3.05) is 19.6 Å². The lowest BCUT2D eigenvalue weighted by molar-refractivity contribution is 0.0488. The molecule has 2 aliphatic carbocycles. The van der Waals surface area contributed by atoms with Gasteiger partial charge in [-0.1, -0.05) is 27.2 Å². The third kappa shape index (κ3) is 2.66. The van der Waals surface area contributed by atoms with Crippen LogP contribution in [0.25, 0.3) is 0 Å². The van der Waals surface area contributed by atoms with Gasteiger partial charge in [0.2, 0.25) is 0 Å². The molecular formula is C18H34N2. The van der Waals surface area contributed by atoms with Crippen molar-refractivity contribution in [3.05, 3.63) is 0 Å². The fourth-order valence-electron chi connectivity index (χ4n) is 5.28. The summed E-state index contributed by atoms with van der Waals surface area (Å²) < 4.78 is 0. The van der Waals surface area contributed by atoms with Crippen molar-refractivity contribution in [1.29, 1.82) is 0 Å². The first-order valence-corrected chi connectivity index (χ1v) is 9.18. The maximum atomic E-state index is 3.88. The third-order valence-electron chi connectivity index (χ3n) is 6.91. The maximum Gasteiger partial charge on any atom is 0.0304 e. The monoisotopic (exact) mass is 278 g/mol. The molecule has 4 atom stereocenters. The zero-order chi connectivity index (χ0) is 14.2. The lowest BCUT2D eigenvalue weighted by Crippen LogP contribution is -2.64. The van der Waals surface area contributed by atoms with E-state index in [1.165, 1.54) is 58.2 Å². The molecule has 3 fully saturated rings. The quantitative estimate of drug-likeness (QED) is 0.825. The van der Waals surface area contributed by atoms with Crippen LogP contribution in [0.3, 0.4) is 0 Å². The number of nitrogens with one attached hydrogen (secondary N) is 1. The molecule has 0 aromatic heterocycles. The van der Waals surface area contributed by atoms with Gasteiger partial charge in [0.05, 0.1) is 0 Å². The molecule has 1 heterocycles. The molecule has 4 unspecified atom stereocenters. The standard InChI is InChI=1S/C18H34N2/c1-4-17-11-19-18(5-2,6-3)13-20(17)12-16-10-14-7-8-15(16)9-14/h14-17,19H,4-13H2,1-3H3. The van der Waals surface area contributed by atoms with Gasteiger partial charge in [-0.25, -0.2) is 0 Å². The fraction of sp³-hybridized carbons (Fsp3) is 1.00. The molecule has 3 rings (SSSR count). The summed E-state index contributed by atoms with van der Waals surface area (Å²) in [6.45, 7) is 11.0. The summed E-state index contributed by atoms with van der Waals surface area (Å²) in [5.41, 5.74) is 0.392. The van der Waals surface area contributed by atoms with Crippen LogP contribution in [0.5, 0.6) is 0 Å². The smallest absolute Gasteiger partial charge is 0.0304 e. The number of fused-ring (bicyclic) bond motifs is 2. The second-order valence-electron chi connectivity index (χ2n) is 7.79. The van der Waals surface area contributed by atoms with Gasteiger partial charge in [-0.3, -0.25) is 4.90 Å². The van der Waals surface area contributed by atoms with Crippen molar-refractivity contribution in [3.8, 4) is 0 Å². The van der Waals surface area contributed by atoms with Crippen LogP contribution in [0.1, 0.15) is 65.7 Å². The normalized spacial score (nSPS) is 40.4. The lowest BCUT2D eigenvalue weighted by atomic mass is 9.84. The number of nitrogens with zero attached hydrogens (tertiary/aromatic N) is 1. The molecule has 0 aromatic carbocycles. The van der Waals surface area contributed by atoms with Crippen LogP contribution >= 0.6 is 0 Å². The van der Waals surface area contributed by atoms with Crippen molar-refractivity contribution in [2.24, 2.45) is 17.8 Å². The number of piperazine rings is 1. The molecule has 0 aromatic rings. The Bertz CT molecular complexity index is 323. The minimum absolute atomic E-state index is 0.392. The summed E-state index contributed by atoms with van der Waals surface area (Å²) in [7, 11) is 0. The number of hydrogen-bond acceptors (Lipinski definition) is 2. The minimum atomic E-state index is 0.392. The van der Waals surface area contributed by atoms with Gasteiger partial charge in [0, 0.05) is 31.2 Å². The van der Waals surface area contributed by atoms with Gasteiger partial charge in [0.15, 0.2) is 0 Å². The second-order valence-corrected chi connectivity index (χ2v) is 7.79. The summed E-state index contributed by atoms with van der Waals surface area (Å²) in [5, 5.41) is 3.88. The summed E-state index contributed by atoms with van der Waals surface area (Å²) in [4.78, 5) is 2.87. The summed E-state index contributed by atoms with van der Waals surface area (Å²) in [6.07, 6.45) is 10.0. The first-order chi connectivity index (χ1) is 9.69. The highest BCUT2D eigenvalue weighted by Crippen LogP contribution is 2.48. The molecular weight excluding hydrogens is 244 g/mol. The molecule has 3 aliphatic rings. The Morgan fingerprint density at radius 1 is 1.10 bits per heavy atom. The molecule has 2 bridgehead atoms. The van der Waals surface area contributed by atoms with Crippen LogP contribution in [0.4, 0.5) is 0 Å². The van der Waals surface area contributed by atoms with E-state index in [4.69, 9.17) is 0 Å². The van der Waals surface area contributed by atoms with E-state index in [1.54, 1.807) is 6.42 Å². The van der Waals surface area contributed by atoms with E-state index in [1.807, 2.05) is 0 Å². The van der Waals surface area contributed by atoms with E-state index in [2.05, 4.69) is 31.0 Å². The molecule has 0 amide bonds. The van der Waals surface area contributed by atoms with Crippen LogP contribution in [-0.2, 0) is 0 Å². The average molecular weight is 278 g/mol. The SMILES string of the molecule is CCC1CNC(CC)(CC)CN1CC1CC2CCC1C2. The Hall–Kier alpha value is -0.0800. The van der Waals surface area contributed by atoms with Crippen LogP contribution in [0.2, 0.25) is 0 Å². The van der Waals surface area contributed by atoms with Gasteiger partial charge < -0.3 is 5.32 Å². The fourth-order valence-corrected chi connectivity index (χ4v) is 5.28. The van der Waals surface area contributed by atoms with E-state index < -0.39 is 0 Å². The van der Waals surface area contributed by atoms with Crippen LogP contribution in [0, 0.1) is 17.8 Å². The minimum Gasteiger partial charge on any atom is -0.308 e. The van der Waals surface area contributed by atoms with Gasteiger partial charge in [0.25, 0.3) is 0 Å². The Kier molecular flexibility index (Phi) is 4.42. The molecule has 2 saturated carbocycles. The summed E-state index contributed by atoms with van der Waals surface area (Å²) in [5.74, 6) is 3.19. The topological polar surface area (TPSA) is 15.3 Å². The molecule has 0 spiro atoms. The van der Waals surface area contributed by atoms with Crippen molar-refractivity contribution in [3.63, 3.8) is 0 Å². The average Bonchev–Trinajstić information content (AvgIpc) is 3.09. The highest BCUT2D eigenvalue weighted by atomic mass is 15.3. The predicted molar refractivity (Wildman–Crippen MR) is 85.9 cm³/mol. The van der Waals surface area contributed by atoms with Gasteiger partial charge in [-0.15, -0.1) is 0 Å². The third-order valence-corrected chi connectivity index (χ3v) is 6.91. The molecule has 116 valence electrons. The first-order valence-electron chi connectivity index (χ1n) is 9.18. The predicted octanol–water partition coefficient (Wildman–Crippen LogP) is 3.67. The van der Waals surface area contributed by atoms with Crippen molar-refractivity contribution >= 4 is 0 Å². The second kappa shape index (κ2) is 5.96. The van der Waals surface area contributed by atoms with Gasteiger partial charge >= 0.3 is 0 Å². The van der Waals surface area contributed by atoms with Gasteiger partial charge in [0.1, 0.15) is 0 Å². The Labute approximate surface area is 125 Å². The van der Waals surface area contributed by atoms with E-state index in [9.17, 15) is 0 Å². The Morgan fingerprint density at radius 3 is 2.45 bits per heavy atom. The number of rotatable bonds is 5. The van der Waals surface area contributed by atoms with Crippen LogP contribution in [0.15, 0.2) is 0 Å². The molecule has 1 saturated heterocycles. The van der Waals surface area contributed by atoms with Gasteiger partial charge in [-0.05, 0) is 56.3 Å². The highest BCUT2D eigenvalue weighted by Gasteiger charge is 2.43. The van der Waals surface area contributed by atoms with E-state index in [0.29, 0.717) is 5.54 Å². The first kappa shape index (κ1) is 14.8. The maximum absolute atomic E-state index is 3.88. The molecule has 1 aliphatic heterocycles. The van der Waals surface area contributed by atoms with E-state index >= 15 is 0 Å². The van der Waals surface area contributed by atoms with Crippen LogP contribution < -0.4 is 5.32 Å². The lowest BCUT2D eigenvalue weighted by Gasteiger charge is -2.48. The van der Waals surface area contributed by atoms with Crippen molar-refractivity contribution < 1.29 is 0 Å². The zero-order valence-electron chi connectivity index (χ0n) is 13.8. The van der Waals surface area contributed by atoms with Crippen molar-refractivity contribution in [1.82, 2.24) is 10.2 Å². The molecule has 1 N–H and O–H groups in total. The largest absolute Gasteiger partial charge is 0.308 e. The summed E-state index contributed by atoms with van der Waals surface area (Å²) >= 11 is 0. The highest BCUT2D eigenvalue weighted by molar-refractivity contribution is 4.99.